The standard InChI is InChI=1S/C18H12N4S/c1-2-5-16-13(4-1)6-7-14(21-16)8-9-15-12-23-18(22-15)17-19-10-3-11-20-17/h1-12H/b9-8-. The Hall–Kier alpha value is -2.92. The van der Waals surface area contributed by atoms with Crippen LogP contribution in [0.15, 0.2) is 60.2 Å². The van der Waals surface area contributed by atoms with E-state index in [1.165, 1.54) is 11.3 Å². The highest BCUT2D eigenvalue weighted by Crippen LogP contribution is 2.21. The van der Waals surface area contributed by atoms with Crippen LogP contribution in [-0.4, -0.2) is 19.9 Å². The van der Waals surface area contributed by atoms with E-state index < -0.39 is 0 Å². The summed E-state index contributed by atoms with van der Waals surface area (Å²) in [6.07, 6.45) is 7.37. The van der Waals surface area contributed by atoms with Crippen LogP contribution in [0.2, 0.25) is 0 Å². The Kier molecular flexibility index (Phi) is 3.62. The first kappa shape index (κ1) is 13.7. The first-order valence-corrected chi connectivity index (χ1v) is 8.03. The quantitative estimate of drug-likeness (QED) is 0.565. The number of hydrogen-bond donors (Lipinski definition) is 0. The summed E-state index contributed by atoms with van der Waals surface area (Å²) in [6, 6.07) is 14.0. The van der Waals surface area contributed by atoms with Crippen molar-refractivity contribution in [2.75, 3.05) is 0 Å². The van der Waals surface area contributed by atoms with Gasteiger partial charge in [0.2, 0.25) is 0 Å². The predicted octanol–water partition coefficient (Wildman–Crippen LogP) is 4.32. The van der Waals surface area contributed by atoms with Crippen LogP contribution in [0.3, 0.4) is 0 Å². The smallest absolute Gasteiger partial charge is 0.188 e. The molecule has 1 aromatic carbocycles. The van der Waals surface area contributed by atoms with Crippen molar-refractivity contribution in [3.63, 3.8) is 0 Å². The zero-order valence-corrected chi connectivity index (χ0v) is 12.9. The highest BCUT2D eigenvalue weighted by atomic mass is 32.1. The summed E-state index contributed by atoms with van der Waals surface area (Å²) in [5.74, 6) is 0.654. The molecule has 0 saturated carbocycles. The third kappa shape index (κ3) is 3.00. The number of pyridine rings is 1. The Morgan fingerprint density at radius 1 is 0.783 bits per heavy atom. The first-order chi connectivity index (χ1) is 11.4. The Morgan fingerprint density at radius 3 is 2.52 bits per heavy atom. The van der Waals surface area contributed by atoms with Crippen molar-refractivity contribution in [3.8, 4) is 10.8 Å². The van der Waals surface area contributed by atoms with Gasteiger partial charge in [0, 0.05) is 23.2 Å². The monoisotopic (exact) mass is 316 g/mol. The summed E-state index contributed by atoms with van der Waals surface area (Å²) in [5.41, 5.74) is 2.79. The van der Waals surface area contributed by atoms with Gasteiger partial charge in [-0.05, 0) is 30.4 Å². The van der Waals surface area contributed by atoms with E-state index in [2.05, 4.69) is 32.1 Å². The molecule has 23 heavy (non-hydrogen) atoms. The van der Waals surface area contributed by atoms with Gasteiger partial charge in [-0.15, -0.1) is 11.3 Å². The fourth-order valence-electron chi connectivity index (χ4n) is 2.22. The minimum atomic E-state index is 0.654. The molecule has 5 heteroatoms. The van der Waals surface area contributed by atoms with Gasteiger partial charge in [0.05, 0.1) is 16.9 Å². The molecule has 0 fully saturated rings. The van der Waals surface area contributed by atoms with Crippen molar-refractivity contribution < 1.29 is 0 Å². The second-order valence-corrected chi connectivity index (χ2v) is 5.77. The lowest BCUT2D eigenvalue weighted by Gasteiger charge is -1.97. The van der Waals surface area contributed by atoms with Gasteiger partial charge in [0.15, 0.2) is 10.8 Å². The fraction of sp³-hybridized carbons (Fsp3) is 0. The van der Waals surface area contributed by atoms with Crippen LogP contribution in [0.4, 0.5) is 0 Å². The number of thiazole rings is 1. The van der Waals surface area contributed by atoms with Crippen LogP contribution in [0.5, 0.6) is 0 Å². The molecule has 4 nitrogen and oxygen atoms in total. The summed E-state index contributed by atoms with van der Waals surface area (Å²) in [7, 11) is 0. The number of aromatic nitrogens is 4. The van der Waals surface area contributed by atoms with Crippen LogP contribution in [0.1, 0.15) is 11.4 Å². The van der Waals surface area contributed by atoms with Crippen molar-refractivity contribution in [3.05, 3.63) is 71.6 Å². The lowest BCUT2D eigenvalue weighted by atomic mass is 10.2. The van der Waals surface area contributed by atoms with Gasteiger partial charge in [-0.2, -0.15) is 0 Å². The largest absolute Gasteiger partial charge is 0.248 e. The summed E-state index contributed by atoms with van der Waals surface area (Å²) < 4.78 is 0. The first-order valence-electron chi connectivity index (χ1n) is 7.15. The molecule has 0 bridgehead atoms. The van der Waals surface area contributed by atoms with Crippen molar-refractivity contribution in [1.82, 2.24) is 19.9 Å². The van der Waals surface area contributed by atoms with Crippen LogP contribution in [0, 0.1) is 0 Å². The number of hydrogen-bond acceptors (Lipinski definition) is 5. The maximum Gasteiger partial charge on any atom is 0.188 e. The van der Waals surface area contributed by atoms with E-state index in [4.69, 9.17) is 0 Å². The Balaban J connectivity index is 1.59. The summed E-state index contributed by atoms with van der Waals surface area (Å²) in [4.78, 5) is 17.6. The van der Waals surface area contributed by atoms with E-state index in [9.17, 15) is 0 Å². The molecule has 0 unspecified atom stereocenters. The molecule has 0 spiro atoms. The molecule has 3 heterocycles. The van der Waals surface area contributed by atoms with Gasteiger partial charge >= 0.3 is 0 Å². The summed E-state index contributed by atoms with van der Waals surface area (Å²) in [6.45, 7) is 0. The van der Waals surface area contributed by atoms with Gasteiger partial charge in [-0.3, -0.25) is 0 Å². The van der Waals surface area contributed by atoms with E-state index in [1.54, 1.807) is 18.5 Å². The molecule has 4 rings (SSSR count). The number of nitrogens with zero attached hydrogens (tertiary/aromatic N) is 4. The molecular weight excluding hydrogens is 304 g/mol. The summed E-state index contributed by atoms with van der Waals surface area (Å²) >= 11 is 1.53. The van der Waals surface area contributed by atoms with Gasteiger partial charge < -0.3 is 0 Å². The molecule has 0 aliphatic heterocycles. The zero-order chi connectivity index (χ0) is 15.5. The van der Waals surface area contributed by atoms with Crippen LogP contribution in [-0.2, 0) is 0 Å². The molecule has 110 valence electrons. The van der Waals surface area contributed by atoms with Crippen molar-refractivity contribution >= 4 is 34.4 Å². The fourth-order valence-corrected chi connectivity index (χ4v) is 2.95. The summed E-state index contributed by atoms with van der Waals surface area (Å²) in [5, 5.41) is 3.95. The van der Waals surface area contributed by atoms with Gasteiger partial charge in [-0.25, -0.2) is 19.9 Å². The van der Waals surface area contributed by atoms with Gasteiger partial charge in [0.1, 0.15) is 0 Å². The maximum absolute atomic E-state index is 4.62. The van der Waals surface area contributed by atoms with E-state index in [1.807, 2.05) is 41.8 Å². The highest BCUT2D eigenvalue weighted by molar-refractivity contribution is 7.13. The average molecular weight is 316 g/mol. The van der Waals surface area contributed by atoms with E-state index in [0.29, 0.717) is 5.82 Å². The molecule has 0 atom stereocenters. The molecule has 0 radical (unpaired) electrons. The molecule has 0 saturated heterocycles. The number of fused-ring (bicyclic) bond motifs is 1. The molecule has 0 aliphatic rings. The van der Waals surface area contributed by atoms with E-state index >= 15 is 0 Å². The Labute approximate surface area is 137 Å². The van der Waals surface area contributed by atoms with Crippen molar-refractivity contribution in [2.45, 2.75) is 0 Å². The SMILES string of the molecule is C(=C/c1ccc2ccccc2n1)/c1csc(-c2ncccn2)n1. The Morgan fingerprint density at radius 2 is 1.61 bits per heavy atom. The van der Waals surface area contributed by atoms with Crippen LogP contribution >= 0.6 is 11.3 Å². The second-order valence-electron chi connectivity index (χ2n) is 4.91. The average Bonchev–Trinajstić information content (AvgIpc) is 3.10. The highest BCUT2D eigenvalue weighted by Gasteiger charge is 2.04. The normalized spacial score (nSPS) is 11.3. The predicted molar refractivity (Wildman–Crippen MR) is 93.8 cm³/mol. The zero-order valence-electron chi connectivity index (χ0n) is 12.1. The lowest BCUT2D eigenvalue weighted by molar-refractivity contribution is 1.16. The van der Waals surface area contributed by atoms with E-state index in [0.717, 1.165) is 27.3 Å². The third-order valence-electron chi connectivity index (χ3n) is 3.32. The number of rotatable bonds is 3. The third-order valence-corrected chi connectivity index (χ3v) is 4.18. The lowest BCUT2D eigenvalue weighted by Crippen LogP contribution is -1.85. The van der Waals surface area contributed by atoms with Gasteiger partial charge in [-0.1, -0.05) is 24.3 Å². The van der Waals surface area contributed by atoms with Crippen molar-refractivity contribution in [2.24, 2.45) is 0 Å². The molecular formula is C18H12N4S. The van der Waals surface area contributed by atoms with Crippen LogP contribution < -0.4 is 0 Å². The molecule has 0 amide bonds. The molecule has 4 aromatic rings. The van der Waals surface area contributed by atoms with Gasteiger partial charge in [0.25, 0.3) is 0 Å². The number of benzene rings is 1. The second kappa shape index (κ2) is 6.06. The molecule has 0 aliphatic carbocycles. The Bertz CT molecular complexity index is 976. The van der Waals surface area contributed by atoms with Crippen molar-refractivity contribution in [1.29, 1.82) is 0 Å². The molecule has 3 aromatic heterocycles. The topological polar surface area (TPSA) is 51.6 Å². The maximum atomic E-state index is 4.62. The minimum Gasteiger partial charge on any atom is -0.248 e. The minimum absolute atomic E-state index is 0.654. The molecule has 0 N–H and O–H groups in total. The van der Waals surface area contributed by atoms with E-state index in [-0.39, 0.29) is 0 Å². The number of para-hydroxylation sites is 1. The van der Waals surface area contributed by atoms with Crippen LogP contribution in [0.25, 0.3) is 33.9 Å².